The first kappa shape index (κ1) is 13.5. The van der Waals surface area contributed by atoms with Gasteiger partial charge in [-0.2, -0.15) is 4.31 Å². The molecule has 0 radical (unpaired) electrons. The van der Waals surface area contributed by atoms with Crippen LogP contribution in [-0.2, 0) is 16.6 Å². The Bertz CT molecular complexity index is 508. The largest absolute Gasteiger partial charge is 0.393 e. The van der Waals surface area contributed by atoms with Crippen LogP contribution in [0, 0.1) is 0 Å². The molecule has 1 aromatic carbocycles. The lowest BCUT2D eigenvalue weighted by atomic mass is 10.1. The predicted octanol–water partition coefficient (Wildman–Crippen LogP) is 0.291. The summed E-state index contributed by atoms with van der Waals surface area (Å²) in [4.78, 5) is 0.279. The standard InChI is InChI=1S/C12H18N2O3S/c13-9-10-2-1-3-12(8-10)18(16,17)14-6-4-11(15)5-7-14/h1-3,8,11,15H,4-7,9,13H2. The van der Waals surface area contributed by atoms with Crippen LogP contribution in [0.3, 0.4) is 0 Å². The van der Waals surface area contributed by atoms with E-state index in [4.69, 9.17) is 5.73 Å². The van der Waals surface area contributed by atoms with Crippen LogP contribution in [0.25, 0.3) is 0 Å². The molecule has 2 rings (SSSR count). The predicted molar refractivity (Wildman–Crippen MR) is 68.3 cm³/mol. The Morgan fingerprint density at radius 3 is 2.61 bits per heavy atom. The zero-order valence-corrected chi connectivity index (χ0v) is 10.9. The fourth-order valence-electron chi connectivity index (χ4n) is 2.06. The first-order valence-corrected chi connectivity index (χ1v) is 7.45. The minimum absolute atomic E-state index is 0.279. The van der Waals surface area contributed by atoms with E-state index in [1.165, 1.54) is 4.31 Å². The average Bonchev–Trinajstić information content (AvgIpc) is 2.39. The first-order chi connectivity index (χ1) is 8.54. The van der Waals surface area contributed by atoms with Crippen molar-refractivity contribution in [3.8, 4) is 0 Å². The molecule has 0 amide bonds. The Hall–Kier alpha value is -0.950. The smallest absolute Gasteiger partial charge is 0.243 e. The van der Waals surface area contributed by atoms with Crippen molar-refractivity contribution >= 4 is 10.0 Å². The number of nitrogens with zero attached hydrogens (tertiary/aromatic N) is 1. The molecule has 1 heterocycles. The molecule has 0 saturated carbocycles. The Balaban J connectivity index is 2.24. The lowest BCUT2D eigenvalue weighted by molar-refractivity contribution is 0.113. The summed E-state index contributed by atoms with van der Waals surface area (Å²) in [5.41, 5.74) is 6.32. The third kappa shape index (κ3) is 2.72. The minimum atomic E-state index is -3.45. The number of nitrogens with two attached hydrogens (primary N) is 1. The summed E-state index contributed by atoms with van der Waals surface area (Å²) in [6, 6.07) is 6.70. The van der Waals surface area contributed by atoms with Crippen LogP contribution in [0.15, 0.2) is 29.2 Å². The molecule has 6 heteroatoms. The van der Waals surface area contributed by atoms with Gasteiger partial charge in [-0.25, -0.2) is 8.42 Å². The van der Waals surface area contributed by atoms with Crippen LogP contribution in [0.4, 0.5) is 0 Å². The van der Waals surface area contributed by atoms with Gasteiger partial charge in [-0.15, -0.1) is 0 Å². The van der Waals surface area contributed by atoms with Crippen LogP contribution in [0.5, 0.6) is 0 Å². The lowest BCUT2D eigenvalue weighted by Crippen LogP contribution is -2.40. The Morgan fingerprint density at radius 2 is 2.00 bits per heavy atom. The van der Waals surface area contributed by atoms with Gasteiger partial charge in [-0.3, -0.25) is 0 Å². The van der Waals surface area contributed by atoms with Crippen molar-refractivity contribution < 1.29 is 13.5 Å². The first-order valence-electron chi connectivity index (χ1n) is 6.01. The zero-order chi connectivity index (χ0) is 13.2. The SMILES string of the molecule is NCc1cccc(S(=O)(=O)N2CCC(O)CC2)c1. The van der Waals surface area contributed by atoms with Gasteiger partial charge in [0.1, 0.15) is 0 Å². The van der Waals surface area contributed by atoms with E-state index < -0.39 is 10.0 Å². The molecule has 0 bridgehead atoms. The number of benzene rings is 1. The molecule has 1 fully saturated rings. The second-order valence-electron chi connectivity index (χ2n) is 4.49. The number of rotatable bonds is 3. The van der Waals surface area contributed by atoms with E-state index in [0.29, 0.717) is 32.5 Å². The van der Waals surface area contributed by atoms with Crippen molar-refractivity contribution in [2.45, 2.75) is 30.4 Å². The number of aliphatic hydroxyl groups is 1. The van der Waals surface area contributed by atoms with Gasteiger partial charge < -0.3 is 10.8 Å². The van der Waals surface area contributed by atoms with Crippen LogP contribution < -0.4 is 5.73 Å². The number of hydrogen-bond acceptors (Lipinski definition) is 4. The van der Waals surface area contributed by atoms with Crippen molar-refractivity contribution in [3.05, 3.63) is 29.8 Å². The van der Waals surface area contributed by atoms with Gasteiger partial charge >= 0.3 is 0 Å². The lowest BCUT2D eigenvalue weighted by Gasteiger charge is -2.28. The van der Waals surface area contributed by atoms with E-state index in [-0.39, 0.29) is 11.0 Å². The van der Waals surface area contributed by atoms with Gasteiger partial charge in [0.05, 0.1) is 11.0 Å². The molecular weight excluding hydrogens is 252 g/mol. The summed E-state index contributed by atoms with van der Waals surface area (Å²) in [7, 11) is -3.45. The van der Waals surface area contributed by atoms with E-state index in [9.17, 15) is 13.5 Å². The number of piperidine rings is 1. The fraction of sp³-hybridized carbons (Fsp3) is 0.500. The normalized spacial score (nSPS) is 19.0. The van der Waals surface area contributed by atoms with E-state index in [1.54, 1.807) is 24.3 Å². The van der Waals surface area contributed by atoms with Crippen LogP contribution in [0.2, 0.25) is 0 Å². The summed E-state index contributed by atoms with van der Waals surface area (Å²) in [5.74, 6) is 0. The van der Waals surface area contributed by atoms with Gasteiger partial charge in [-0.05, 0) is 30.5 Å². The van der Waals surface area contributed by atoms with Gasteiger partial charge in [0.2, 0.25) is 10.0 Å². The third-order valence-electron chi connectivity index (χ3n) is 3.20. The summed E-state index contributed by atoms with van der Waals surface area (Å²) in [6.45, 7) is 1.06. The monoisotopic (exact) mass is 270 g/mol. The summed E-state index contributed by atoms with van der Waals surface area (Å²) >= 11 is 0. The maximum atomic E-state index is 12.4. The van der Waals surface area contributed by atoms with Crippen molar-refractivity contribution in [2.24, 2.45) is 5.73 Å². The Labute approximate surface area is 107 Å². The van der Waals surface area contributed by atoms with Crippen LogP contribution in [0.1, 0.15) is 18.4 Å². The quantitative estimate of drug-likeness (QED) is 0.827. The van der Waals surface area contributed by atoms with Crippen LogP contribution >= 0.6 is 0 Å². The van der Waals surface area contributed by atoms with Crippen molar-refractivity contribution in [2.75, 3.05) is 13.1 Å². The molecule has 0 aromatic heterocycles. The number of sulfonamides is 1. The maximum absolute atomic E-state index is 12.4. The van der Waals surface area contributed by atoms with E-state index in [1.807, 2.05) is 0 Å². The average molecular weight is 270 g/mol. The van der Waals surface area contributed by atoms with Crippen molar-refractivity contribution in [3.63, 3.8) is 0 Å². The molecule has 3 N–H and O–H groups in total. The number of aliphatic hydroxyl groups excluding tert-OH is 1. The highest BCUT2D eigenvalue weighted by atomic mass is 32.2. The van der Waals surface area contributed by atoms with Gasteiger partial charge in [0.15, 0.2) is 0 Å². The van der Waals surface area contributed by atoms with Crippen molar-refractivity contribution in [1.29, 1.82) is 0 Å². The highest BCUT2D eigenvalue weighted by Crippen LogP contribution is 2.21. The topological polar surface area (TPSA) is 83.6 Å². The highest BCUT2D eigenvalue weighted by molar-refractivity contribution is 7.89. The molecule has 0 spiro atoms. The molecule has 0 atom stereocenters. The van der Waals surface area contributed by atoms with Gasteiger partial charge in [-0.1, -0.05) is 12.1 Å². The molecule has 18 heavy (non-hydrogen) atoms. The van der Waals surface area contributed by atoms with Gasteiger partial charge in [0, 0.05) is 19.6 Å². The Morgan fingerprint density at radius 1 is 1.33 bits per heavy atom. The second kappa shape index (κ2) is 5.36. The highest BCUT2D eigenvalue weighted by Gasteiger charge is 2.28. The van der Waals surface area contributed by atoms with E-state index in [0.717, 1.165) is 5.56 Å². The molecular formula is C12H18N2O3S. The minimum Gasteiger partial charge on any atom is -0.393 e. The molecule has 1 aliphatic rings. The molecule has 0 aliphatic carbocycles. The zero-order valence-electron chi connectivity index (χ0n) is 10.1. The van der Waals surface area contributed by atoms with Crippen molar-refractivity contribution in [1.82, 2.24) is 4.31 Å². The number of hydrogen-bond donors (Lipinski definition) is 2. The molecule has 5 nitrogen and oxygen atoms in total. The molecule has 1 saturated heterocycles. The second-order valence-corrected chi connectivity index (χ2v) is 6.42. The fourth-order valence-corrected chi connectivity index (χ4v) is 3.61. The van der Waals surface area contributed by atoms with E-state index in [2.05, 4.69) is 0 Å². The van der Waals surface area contributed by atoms with Crippen LogP contribution in [-0.4, -0.2) is 37.0 Å². The summed E-state index contributed by atoms with van der Waals surface area (Å²) in [5, 5.41) is 9.41. The molecule has 0 unspecified atom stereocenters. The maximum Gasteiger partial charge on any atom is 0.243 e. The third-order valence-corrected chi connectivity index (χ3v) is 5.09. The molecule has 1 aromatic rings. The Kier molecular flexibility index (Phi) is 4.01. The summed E-state index contributed by atoms with van der Waals surface area (Å²) in [6.07, 6.45) is 0.609. The molecule has 1 aliphatic heterocycles. The summed E-state index contributed by atoms with van der Waals surface area (Å²) < 4.78 is 26.2. The molecule has 100 valence electrons. The van der Waals surface area contributed by atoms with E-state index >= 15 is 0 Å². The van der Waals surface area contributed by atoms with Gasteiger partial charge in [0.25, 0.3) is 0 Å².